The van der Waals surface area contributed by atoms with Gasteiger partial charge in [-0.15, -0.1) is 0 Å². The van der Waals surface area contributed by atoms with E-state index in [1.54, 1.807) is 0 Å². The van der Waals surface area contributed by atoms with E-state index in [0.29, 0.717) is 0 Å². The van der Waals surface area contributed by atoms with Crippen LogP contribution in [0.15, 0.2) is 0 Å². The van der Waals surface area contributed by atoms with Gasteiger partial charge in [-0.05, 0) is 25.8 Å². The van der Waals surface area contributed by atoms with E-state index in [4.69, 9.17) is 0 Å². The van der Waals surface area contributed by atoms with E-state index >= 15 is 0 Å². The van der Waals surface area contributed by atoms with Crippen molar-refractivity contribution < 1.29 is 0 Å². The lowest BCUT2D eigenvalue weighted by Gasteiger charge is -2.28. The van der Waals surface area contributed by atoms with Gasteiger partial charge in [0.05, 0.1) is 0 Å². The zero-order chi connectivity index (χ0) is 13.1. The summed E-state index contributed by atoms with van der Waals surface area (Å²) in [7, 11) is 2.13. The smallest absolute Gasteiger partial charge is 0.00667 e. The fourth-order valence-electron chi connectivity index (χ4n) is 3.38. The molecule has 0 aromatic heterocycles. The van der Waals surface area contributed by atoms with E-state index in [2.05, 4.69) is 19.3 Å². The first-order valence-electron chi connectivity index (χ1n) is 8.54. The van der Waals surface area contributed by atoms with Crippen molar-refractivity contribution >= 4 is 0 Å². The van der Waals surface area contributed by atoms with Gasteiger partial charge < -0.3 is 5.32 Å². The molecule has 2 unspecified atom stereocenters. The second-order valence-electron chi connectivity index (χ2n) is 6.28. The molecule has 1 rings (SSSR count). The molecule has 0 aromatic rings. The van der Waals surface area contributed by atoms with Crippen molar-refractivity contribution in [2.75, 3.05) is 7.05 Å². The highest BCUT2D eigenvalue weighted by atomic mass is 14.9. The molecule has 0 bridgehead atoms. The van der Waals surface area contributed by atoms with Gasteiger partial charge in [0, 0.05) is 6.04 Å². The summed E-state index contributed by atoms with van der Waals surface area (Å²) in [6.07, 6.45) is 18.9. The third-order valence-corrected chi connectivity index (χ3v) is 4.66. The van der Waals surface area contributed by atoms with Crippen molar-refractivity contribution in [3.8, 4) is 0 Å². The molecule has 0 aliphatic heterocycles. The Kier molecular flexibility index (Phi) is 9.65. The van der Waals surface area contributed by atoms with Crippen LogP contribution in [0.4, 0.5) is 0 Å². The lowest BCUT2D eigenvalue weighted by molar-refractivity contribution is 0.276. The third-order valence-electron chi connectivity index (χ3n) is 4.66. The average Bonchev–Trinajstić information content (AvgIpc) is 2.42. The minimum Gasteiger partial charge on any atom is -0.317 e. The van der Waals surface area contributed by atoms with Gasteiger partial charge in [-0.25, -0.2) is 0 Å². The van der Waals surface area contributed by atoms with Crippen LogP contribution in [-0.4, -0.2) is 13.1 Å². The lowest BCUT2D eigenvalue weighted by Crippen LogP contribution is -2.31. The first-order chi connectivity index (χ1) is 8.86. The maximum Gasteiger partial charge on any atom is 0.00667 e. The monoisotopic (exact) mass is 253 g/mol. The van der Waals surface area contributed by atoms with Crippen LogP contribution in [0.3, 0.4) is 0 Å². The lowest BCUT2D eigenvalue weighted by atomic mass is 9.82. The Morgan fingerprint density at radius 2 is 1.56 bits per heavy atom. The Hall–Kier alpha value is -0.0400. The van der Waals surface area contributed by atoms with Crippen molar-refractivity contribution in [2.45, 2.75) is 96.4 Å². The zero-order valence-electron chi connectivity index (χ0n) is 12.8. The molecule has 1 fully saturated rings. The molecule has 1 aliphatic carbocycles. The number of unbranched alkanes of at least 4 members (excludes halogenated alkanes) is 7. The summed E-state index contributed by atoms with van der Waals surface area (Å²) in [6.45, 7) is 2.29. The minimum atomic E-state index is 0.817. The van der Waals surface area contributed by atoms with Gasteiger partial charge in [-0.1, -0.05) is 77.6 Å². The summed E-state index contributed by atoms with van der Waals surface area (Å²) in [5, 5.41) is 3.46. The van der Waals surface area contributed by atoms with Crippen molar-refractivity contribution in [3.05, 3.63) is 0 Å². The van der Waals surface area contributed by atoms with E-state index in [-0.39, 0.29) is 0 Å². The summed E-state index contributed by atoms with van der Waals surface area (Å²) in [5.74, 6) is 1.02. The maximum atomic E-state index is 3.46. The molecule has 18 heavy (non-hydrogen) atoms. The van der Waals surface area contributed by atoms with Crippen molar-refractivity contribution in [3.63, 3.8) is 0 Å². The molecule has 0 aromatic carbocycles. The number of nitrogens with one attached hydrogen (secondary N) is 1. The van der Waals surface area contributed by atoms with Crippen molar-refractivity contribution in [1.29, 1.82) is 0 Å². The number of rotatable bonds is 10. The summed E-state index contributed by atoms with van der Waals surface area (Å²) in [6, 6.07) is 0.817. The van der Waals surface area contributed by atoms with Crippen LogP contribution in [0.2, 0.25) is 0 Å². The molecule has 1 heteroatoms. The molecule has 1 aliphatic rings. The van der Waals surface area contributed by atoms with E-state index < -0.39 is 0 Å². The highest BCUT2D eigenvalue weighted by Gasteiger charge is 2.19. The van der Waals surface area contributed by atoms with Crippen LogP contribution in [0.5, 0.6) is 0 Å². The van der Waals surface area contributed by atoms with Gasteiger partial charge in [-0.2, -0.15) is 0 Å². The van der Waals surface area contributed by atoms with E-state index in [1.807, 2.05) is 0 Å². The zero-order valence-corrected chi connectivity index (χ0v) is 12.8. The second-order valence-corrected chi connectivity index (χ2v) is 6.28. The van der Waals surface area contributed by atoms with Crippen LogP contribution in [0.1, 0.15) is 90.4 Å². The summed E-state index contributed by atoms with van der Waals surface area (Å²) in [4.78, 5) is 0. The summed E-state index contributed by atoms with van der Waals surface area (Å²) in [5.41, 5.74) is 0. The molecule has 108 valence electrons. The maximum absolute atomic E-state index is 3.46. The molecule has 0 spiro atoms. The van der Waals surface area contributed by atoms with Gasteiger partial charge in [0.1, 0.15) is 0 Å². The number of hydrogen-bond acceptors (Lipinski definition) is 1. The molecule has 0 saturated heterocycles. The van der Waals surface area contributed by atoms with Crippen LogP contribution >= 0.6 is 0 Å². The van der Waals surface area contributed by atoms with Crippen LogP contribution in [-0.2, 0) is 0 Å². The van der Waals surface area contributed by atoms with E-state index in [9.17, 15) is 0 Å². The largest absolute Gasteiger partial charge is 0.317 e. The second kappa shape index (κ2) is 10.8. The van der Waals surface area contributed by atoms with Crippen LogP contribution in [0, 0.1) is 5.92 Å². The van der Waals surface area contributed by atoms with Gasteiger partial charge in [-0.3, -0.25) is 0 Å². The first kappa shape index (κ1) is 16.0. The van der Waals surface area contributed by atoms with Crippen molar-refractivity contribution in [1.82, 2.24) is 5.32 Å². The van der Waals surface area contributed by atoms with E-state index in [1.165, 1.54) is 83.5 Å². The molecule has 1 N–H and O–H groups in total. The van der Waals surface area contributed by atoms with Gasteiger partial charge in [0.2, 0.25) is 0 Å². The predicted molar refractivity (Wildman–Crippen MR) is 82.0 cm³/mol. The standard InChI is InChI=1S/C17H35N/c1-3-4-5-6-7-8-9-10-12-16-13-11-14-17(15-16)18-2/h16-18H,3-15H2,1-2H3. The molecular formula is C17H35N. The molecule has 0 amide bonds. The van der Waals surface area contributed by atoms with E-state index in [0.717, 1.165) is 12.0 Å². The summed E-state index contributed by atoms with van der Waals surface area (Å²) >= 11 is 0. The highest BCUT2D eigenvalue weighted by molar-refractivity contribution is 4.76. The quantitative estimate of drug-likeness (QED) is 0.521. The third kappa shape index (κ3) is 7.41. The normalized spacial score (nSPS) is 24.3. The van der Waals surface area contributed by atoms with Gasteiger partial charge >= 0.3 is 0 Å². The van der Waals surface area contributed by atoms with Crippen LogP contribution < -0.4 is 5.32 Å². The molecule has 0 radical (unpaired) electrons. The average molecular weight is 253 g/mol. The minimum absolute atomic E-state index is 0.817. The topological polar surface area (TPSA) is 12.0 Å². The molecule has 0 heterocycles. The molecule has 1 saturated carbocycles. The fraction of sp³-hybridized carbons (Fsp3) is 1.00. The van der Waals surface area contributed by atoms with Gasteiger partial charge in [0.15, 0.2) is 0 Å². The predicted octanol–water partition coefficient (Wildman–Crippen LogP) is 5.30. The Morgan fingerprint density at radius 3 is 2.22 bits per heavy atom. The molecule has 1 nitrogen and oxygen atoms in total. The highest BCUT2D eigenvalue weighted by Crippen LogP contribution is 2.28. The molecular weight excluding hydrogens is 218 g/mol. The fourth-order valence-corrected chi connectivity index (χ4v) is 3.38. The summed E-state index contributed by atoms with van der Waals surface area (Å²) < 4.78 is 0. The van der Waals surface area contributed by atoms with Gasteiger partial charge in [0.25, 0.3) is 0 Å². The Bertz CT molecular complexity index is 178. The molecule has 2 atom stereocenters. The number of hydrogen-bond donors (Lipinski definition) is 1. The van der Waals surface area contributed by atoms with Crippen LogP contribution in [0.25, 0.3) is 0 Å². The SMILES string of the molecule is CCCCCCCCCCC1CCCC(NC)C1. The first-order valence-corrected chi connectivity index (χ1v) is 8.54. The Labute approximate surface area is 115 Å². The Morgan fingerprint density at radius 1 is 0.889 bits per heavy atom. The Balaban J connectivity index is 1.88. The van der Waals surface area contributed by atoms with Crippen molar-refractivity contribution in [2.24, 2.45) is 5.92 Å².